The summed E-state index contributed by atoms with van der Waals surface area (Å²) in [7, 11) is 0. The standard InChI is InChI=1S/C14H18N4OS/c1-14(2,3)12-17-18-13(20-12)16-11(19)10-6-4-9(8-15)5-7-10/h4-7H,8,15H2,1-3H3,(H,16,18,19). The molecule has 1 amide bonds. The van der Waals surface area contributed by atoms with E-state index in [9.17, 15) is 4.79 Å². The molecule has 0 radical (unpaired) electrons. The molecule has 0 aliphatic heterocycles. The van der Waals surface area contributed by atoms with Crippen molar-refractivity contribution in [2.24, 2.45) is 5.73 Å². The van der Waals surface area contributed by atoms with Gasteiger partial charge < -0.3 is 5.73 Å². The maximum absolute atomic E-state index is 12.1. The molecule has 1 aromatic heterocycles. The number of hydrogen-bond donors (Lipinski definition) is 2. The summed E-state index contributed by atoms with van der Waals surface area (Å²) in [4.78, 5) is 12.1. The van der Waals surface area contributed by atoms with Gasteiger partial charge in [-0.2, -0.15) is 0 Å². The van der Waals surface area contributed by atoms with Crippen LogP contribution in [0.15, 0.2) is 24.3 Å². The molecule has 5 nitrogen and oxygen atoms in total. The summed E-state index contributed by atoms with van der Waals surface area (Å²) in [5.41, 5.74) is 7.03. The van der Waals surface area contributed by atoms with Gasteiger partial charge >= 0.3 is 0 Å². The molecular weight excluding hydrogens is 272 g/mol. The Balaban J connectivity index is 2.09. The molecule has 0 saturated carbocycles. The number of nitrogens with one attached hydrogen (secondary N) is 1. The third-order valence-corrected chi connectivity index (χ3v) is 4.00. The zero-order valence-electron chi connectivity index (χ0n) is 11.8. The van der Waals surface area contributed by atoms with E-state index in [1.807, 2.05) is 12.1 Å². The van der Waals surface area contributed by atoms with E-state index in [-0.39, 0.29) is 11.3 Å². The molecule has 6 heteroatoms. The molecule has 0 saturated heterocycles. The van der Waals surface area contributed by atoms with E-state index in [0.29, 0.717) is 17.2 Å². The van der Waals surface area contributed by atoms with Gasteiger partial charge in [-0.05, 0) is 17.7 Å². The van der Waals surface area contributed by atoms with Crippen molar-refractivity contribution in [1.82, 2.24) is 10.2 Å². The fourth-order valence-electron chi connectivity index (χ4n) is 1.54. The molecule has 0 unspecified atom stereocenters. The highest BCUT2D eigenvalue weighted by molar-refractivity contribution is 7.15. The molecule has 2 rings (SSSR count). The quantitative estimate of drug-likeness (QED) is 0.910. The van der Waals surface area contributed by atoms with Crippen LogP contribution >= 0.6 is 11.3 Å². The Hall–Kier alpha value is -1.79. The Bertz CT molecular complexity index is 598. The number of rotatable bonds is 3. The summed E-state index contributed by atoms with van der Waals surface area (Å²) >= 11 is 1.40. The van der Waals surface area contributed by atoms with Crippen LogP contribution in [0.25, 0.3) is 0 Å². The first-order valence-corrected chi connectivity index (χ1v) is 7.16. The van der Waals surface area contributed by atoms with Gasteiger partial charge in [-0.25, -0.2) is 0 Å². The zero-order valence-corrected chi connectivity index (χ0v) is 12.6. The minimum absolute atomic E-state index is 0.0661. The molecule has 0 spiro atoms. The fraction of sp³-hybridized carbons (Fsp3) is 0.357. The van der Waals surface area contributed by atoms with Crippen LogP contribution < -0.4 is 11.1 Å². The summed E-state index contributed by atoms with van der Waals surface area (Å²) in [6.45, 7) is 6.65. The predicted octanol–water partition coefficient (Wildman–Crippen LogP) is 2.55. The SMILES string of the molecule is CC(C)(C)c1nnc(NC(=O)c2ccc(CN)cc2)s1. The molecule has 2 aromatic rings. The van der Waals surface area contributed by atoms with Crippen molar-refractivity contribution in [2.45, 2.75) is 32.7 Å². The summed E-state index contributed by atoms with van der Waals surface area (Å²) in [5.74, 6) is -0.190. The van der Waals surface area contributed by atoms with Gasteiger partial charge in [-0.3, -0.25) is 10.1 Å². The molecule has 0 bridgehead atoms. The third-order valence-electron chi connectivity index (χ3n) is 2.74. The van der Waals surface area contributed by atoms with Gasteiger partial charge in [0.05, 0.1) is 0 Å². The fourth-order valence-corrected chi connectivity index (χ4v) is 2.33. The molecule has 0 aliphatic carbocycles. The second-order valence-corrected chi connectivity index (χ2v) is 6.50. The number of amides is 1. The van der Waals surface area contributed by atoms with Gasteiger partial charge in [-0.1, -0.05) is 44.2 Å². The highest BCUT2D eigenvalue weighted by Gasteiger charge is 2.20. The second-order valence-electron chi connectivity index (χ2n) is 5.52. The minimum atomic E-state index is -0.190. The van der Waals surface area contributed by atoms with Crippen molar-refractivity contribution in [2.75, 3.05) is 5.32 Å². The van der Waals surface area contributed by atoms with Crippen LogP contribution in [0.5, 0.6) is 0 Å². The van der Waals surface area contributed by atoms with Gasteiger partial charge in [0.2, 0.25) is 5.13 Å². The lowest BCUT2D eigenvalue weighted by atomic mass is 9.98. The largest absolute Gasteiger partial charge is 0.326 e. The van der Waals surface area contributed by atoms with Crippen LogP contribution in [-0.2, 0) is 12.0 Å². The number of aromatic nitrogens is 2. The Kier molecular flexibility index (Phi) is 4.15. The Morgan fingerprint density at radius 1 is 1.25 bits per heavy atom. The molecule has 20 heavy (non-hydrogen) atoms. The minimum Gasteiger partial charge on any atom is -0.326 e. The number of carbonyl (C=O) groups is 1. The van der Waals surface area contributed by atoms with Crippen molar-refractivity contribution in [1.29, 1.82) is 0 Å². The van der Waals surface area contributed by atoms with E-state index < -0.39 is 0 Å². The molecule has 3 N–H and O–H groups in total. The summed E-state index contributed by atoms with van der Waals surface area (Å²) in [6, 6.07) is 7.19. The Morgan fingerprint density at radius 2 is 1.90 bits per heavy atom. The maximum atomic E-state index is 12.1. The van der Waals surface area contributed by atoms with E-state index in [2.05, 4.69) is 36.3 Å². The first kappa shape index (κ1) is 14.6. The predicted molar refractivity (Wildman–Crippen MR) is 80.9 cm³/mol. The van der Waals surface area contributed by atoms with Crippen molar-refractivity contribution in [3.8, 4) is 0 Å². The van der Waals surface area contributed by atoms with Crippen molar-refractivity contribution in [3.63, 3.8) is 0 Å². The second kappa shape index (κ2) is 5.68. The van der Waals surface area contributed by atoms with Gasteiger partial charge in [0, 0.05) is 17.5 Å². The molecule has 0 fully saturated rings. The molecule has 0 atom stereocenters. The monoisotopic (exact) mass is 290 g/mol. The topological polar surface area (TPSA) is 80.9 Å². The van der Waals surface area contributed by atoms with E-state index in [1.165, 1.54) is 11.3 Å². The van der Waals surface area contributed by atoms with Crippen LogP contribution in [-0.4, -0.2) is 16.1 Å². The van der Waals surface area contributed by atoms with Gasteiger partial charge in [0.25, 0.3) is 5.91 Å². The Morgan fingerprint density at radius 3 is 2.40 bits per heavy atom. The number of anilines is 1. The van der Waals surface area contributed by atoms with Gasteiger partial charge in [0.15, 0.2) is 0 Å². The first-order valence-electron chi connectivity index (χ1n) is 6.34. The van der Waals surface area contributed by atoms with Crippen molar-refractivity contribution < 1.29 is 4.79 Å². The number of nitrogens with zero attached hydrogens (tertiary/aromatic N) is 2. The summed E-state index contributed by atoms with van der Waals surface area (Å²) in [5, 5.41) is 12.3. The average molecular weight is 290 g/mol. The molecule has 0 aliphatic rings. The van der Waals surface area contributed by atoms with E-state index in [4.69, 9.17) is 5.73 Å². The third kappa shape index (κ3) is 3.40. The van der Waals surface area contributed by atoms with Crippen LogP contribution in [0.4, 0.5) is 5.13 Å². The van der Waals surface area contributed by atoms with E-state index >= 15 is 0 Å². The van der Waals surface area contributed by atoms with E-state index in [0.717, 1.165) is 10.6 Å². The summed E-state index contributed by atoms with van der Waals surface area (Å²) < 4.78 is 0. The highest BCUT2D eigenvalue weighted by Crippen LogP contribution is 2.27. The molecule has 1 heterocycles. The zero-order chi connectivity index (χ0) is 14.8. The van der Waals surface area contributed by atoms with Crippen LogP contribution in [0.3, 0.4) is 0 Å². The van der Waals surface area contributed by atoms with Gasteiger partial charge in [0.1, 0.15) is 5.01 Å². The first-order chi connectivity index (χ1) is 9.40. The van der Waals surface area contributed by atoms with Crippen LogP contribution in [0, 0.1) is 0 Å². The molecule has 1 aromatic carbocycles. The number of benzene rings is 1. The molecule has 106 valence electrons. The van der Waals surface area contributed by atoms with Crippen molar-refractivity contribution in [3.05, 3.63) is 40.4 Å². The van der Waals surface area contributed by atoms with Crippen LogP contribution in [0.2, 0.25) is 0 Å². The summed E-state index contributed by atoms with van der Waals surface area (Å²) in [6.07, 6.45) is 0. The number of carbonyl (C=O) groups excluding carboxylic acids is 1. The van der Waals surface area contributed by atoms with Crippen molar-refractivity contribution >= 4 is 22.4 Å². The lowest BCUT2D eigenvalue weighted by Crippen LogP contribution is -2.11. The van der Waals surface area contributed by atoms with Crippen LogP contribution in [0.1, 0.15) is 41.7 Å². The van der Waals surface area contributed by atoms with E-state index in [1.54, 1.807) is 12.1 Å². The maximum Gasteiger partial charge on any atom is 0.257 e. The smallest absolute Gasteiger partial charge is 0.257 e. The normalized spacial score (nSPS) is 11.4. The molecular formula is C14H18N4OS. The highest BCUT2D eigenvalue weighted by atomic mass is 32.1. The average Bonchev–Trinajstić information content (AvgIpc) is 2.87. The van der Waals surface area contributed by atoms with Gasteiger partial charge in [-0.15, -0.1) is 10.2 Å². The Labute approximate surface area is 122 Å². The number of nitrogens with two attached hydrogens (primary N) is 1. The lowest BCUT2D eigenvalue weighted by molar-refractivity contribution is 0.102. The number of hydrogen-bond acceptors (Lipinski definition) is 5. The lowest BCUT2D eigenvalue weighted by Gasteiger charge is -2.12.